The average molecular weight is 338 g/mol. The topological polar surface area (TPSA) is 83.5 Å². The Morgan fingerprint density at radius 1 is 1.38 bits per heavy atom. The van der Waals surface area contributed by atoms with E-state index in [-0.39, 0.29) is 5.41 Å². The highest BCUT2D eigenvalue weighted by atomic mass is 35.5. The lowest BCUT2D eigenvalue weighted by atomic mass is 9.89. The van der Waals surface area contributed by atoms with Crippen molar-refractivity contribution in [2.24, 2.45) is 5.41 Å². The van der Waals surface area contributed by atoms with Crippen LogP contribution < -0.4 is 4.72 Å². The number of nitrogens with one attached hydrogen (secondary N) is 1. The molecule has 1 unspecified atom stereocenters. The first kappa shape index (κ1) is 17.9. The molecule has 21 heavy (non-hydrogen) atoms. The van der Waals surface area contributed by atoms with Crippen molar-refractivity contribution in [3.05, 3.63) is 28.5 Å². The summed E-state index contributed by atoms with van der Waals surface area (Å²) in [5.74, 6) is -2.60. The number of sulfonamides is 1. The highest BCUT2D eigenvalue weighted by molar-refractivity contribution is 7.89. The molecule has 0 saturated heterocycles. The van der Waals surface area contributed by atoms with Crippen molar-refractivity contribution in [2.45, 2.75) is 38.6 Å². The van der Waals surface area contributed by atoms with E-state index >= 15 is 0 Å². The van der Waals surface area contributed by atoms with E-state index in [1.165, 1.54) is 0 Å². The molecule has 0 amide bonds. The van der Waals surface area contributed by atoms with Crippen LogP contribution in [-0.4, -0.2) is 25.5 Å². The van der Waals surface area contributed by atoms with Gasteiger partial charge in [-0.15, -0.1) is 0 Å². The third-order valence-corrected chi connectivity index (χ3v) is 5.08. The fraction of sp³-hybridized carbons (Fsp3) is 0.462. The number of carboxylic acid groups (broad SMARTS) is 1. The predicted molar refractivity (Wildman–Crippen MR) is 77.6 cm³/mol. The number of halogens is 2. The smallest absolute Gasteiger partial charge is 0.337 e. The quantitative estimate of drug-likeness (QED) is 0.884. The minimum Gasteiger partial charge on any atom is -0.478 e. The number of hydrogen-bond donors (Lipinski definition) is 2. The predicted octanol–water partition coefficient (Wildman–Crippen LogP) is 2.89. The van der Waals surface area contributed by atoms with Crippen LogP contribution in [0.15, 0.2) is 17.0 Å². The summed E-state index contributed by atoms with van der Waals surface area (Å²) < 4.78 is 40.4. The fourth-order valence-corrected chi connectivity index (χ4v) is 3.03. The van der Waals surface area contributed by atoms with Crippen LogP contribution >= 0.6 is 11.6 Å². The first-order valence-electron chi connectivity index (χ1n) is 6.11. The van der Waals surface area contributed by atoms with Crippen molar-refractivity contribution in [1.29, 1.82) is 0 Å². The number of rotatable bonds is 4. The second-order valence-electron chi connectivity index (χ2n) is 5.78. The lowest BCUT2D eigenvalue weighted by Crippen LogP contribution is -2.41. The molecule has 1 aromatic carbocycles. The van der Waals surface area contributed by atoms with Gasteiger partial charge in [0, 0.05) is 6.04 Å². The molecule has 0 aliphatic carbocycles. The van der Waals surface area contributed by atoms with E-state index in [1.807, 2.05) is 20.8 Å². The van der Waals surface area contributed by atoms with Crippen molar-refractivity contribution in [3.8, 4) is 0 Å². The molecule has 1 atom stereocenters. The van der Waals surface area contributed by atoms with Crippen LogP contribution in [0.25, 0.3) is 0 Å². The zero-order valence-electron chi connectivity index (χ0n) is 12.1. The fourth-order valence-electron chi connectivity index (χ4n) is 1.35. The molecule has 1 aromatic rings. The van der Waals surface area contributed by atoms with Gasteiger partial charge in [0.1, 0.15) is 5.82 Å². The third kappa shape index (κ3) is 4.15. The van der Waals surface area contributed by atoms with Gasteiger partial charge in [-0.2, -0.15) is 0 Å². The Morgan fingerprint density at radius 2 is 1.90 bits per heavy atom. The molecule has 5 nitrogen and oxygen atoms in total. The molecule has 0 radical (unpaired) electrons. The summed E-state index contributed by atoms with van der Waals surface area (Å²) in [6, 6.07) is 1.10. The number of carbonyl (C=O) groups is 1. The van der Waals surface area contributed by atoms with E-state index in [0.717, 1.165) is 6.07 Å². The number of carboxylic acids is 1. The summed E-state index contributed by atoms with van der Waals surface area (Å²) in [6.07, 6.45) is 0. The summed E-state index contributed by atoms with van der Waals surface area (Å²) >= 11 is 5.52. The van der Waals surface area contributed by atoms with Crippen LogP contribution in [0.5, 0.6) is 0 Å². The number of hydrogen-bond acceptors (Lipinski definition) is 3. The van der Waals surface area contributed by atoms with Crippen molar-refractivity contribution in [1.82, 2.24) is 4.72 Å². The molecule has 0 aliphatic heterocycles. The minimum atomic E-state index is -4.05. The van der Waals surface area contributed by atoms with Gasteiger partial charge in [-0.05, 0) is 24.5 Å². The first-order chi connectivity index (χ1) is 9.36. The third-order valence-electron chi connectivity index (χ3n) is 3.17. The Bertz CT molecular complexity index is 667. The van der Waals surface area contributed by atoms with Gasteiger partial charge in [-0.3, -0.25) is 0 Å². The first-order valence-corrected chi connectivity index (χ1v) is 7.97. The van der Waals surface area contributed by atoms with Gasteiger partial charge in [0.2, 0.25) is 10.0 Å². The van der Waals surface area contributed by atoms with Gasteiger partial charge < -0.3 is 5.11 Å². The lowest BCUT2D eigenvalue weighted by molar-refractivity contribution is 0.0696. The summed E-state index contributed by atoms with van der Waals surface area (Å²) in [7, 11) is -4.05. The normalized spacial score (nSPS) is 14.0. The van der Waals surface area contributed by atoms with Crippen LogP contribution in [-0.2, 0) is 10.0 Å². The van der Waals surface area contributed by atoms with E-state index < -0.39 is 43.3 Å². The molecule has 0 fully saturated rings. The monoisotopic (exact) mass is 337 g/mol. The molecule has 0 aromatic heterocycles. The van der Waals surface area contributed by atoms with Crippen molar-refractivity contribution in [2.75, 3.05) is 0 Å². The van der Waals surface area contributed by atoms with Crippen LogP contribution in [0, 0.1) is 11.2 Å². The standard InChI is InChI=1S/C13H17ClFNO4S/c1-7(13(2,3)4)16-21(19,20)8-5-9(12(17)18)11(14)10(15)6-8/h5-7,16H,1-4H3,(H,17,18). The van der Waals surface area contributed by atoms with Gasteiger partial charge in [0.25, 0.3) is 0 Å². The number of aromatic carboxylic acids is 1. The maximum atomic E-state index is 13.6. The maximum Gasteiger partial charge on any atom is 0.337 e. The van der Waals surface area contributed by atoms with Crippen molar-refractivity contribution in [3.63, 3.8) is 0 Å². The molecule has 0 spiro atoms. The van der Waals surface area contributed by atoms with Gasteiger partial charge >= 0.3 is 5.97 Å². The molecule has 118 valence electrons. The zero-order chi connectivity index (χ0) is 16.6. The van der Waals surface area contributed by atoms with E-state index in [0.29, 0.717) is 6.07 Å². The Kier molecular flexibility index (Phi) is 5.02. The zero-order valence-corrected chi connectivity index (χ0v) is 13.6. The SMILES string of the molecule is CC(NS(=O)(=O)c1cc(F)c(Cl)c(C(=O)O)c1)C(C)(C)C. The van der Waals surface area contributed by atoms with E-state index in [9.17, 15) is 17.6 Å². The molecule has 8 heteroatoms. The summed E-state index contributed by atoms with van der Waals surface area (Å²) in [5, 5.41) is 8.30. The summed E-state index contributed by atoms with van der Waals surface area (Å²) in [4.78, 5) is 10.5. The van der Waals surface area contributed by atoms with Gasteiger partial charge in [0.05, 0.1) is 15.5 Å². The van der Waals surface area contributed by atoms with E-state index in [2.05, 4.69) is 4.72 Å². The molecular formula is C13H17ClFNO4S. The minimum absolute atomic E-state index is 0.354. The summed E-state index contributed by atoms with van der Waals surface area (Å²) in [5.41, 5.74) is -0.950. The molecule has 1 rings (SSSR count). The highest BCUT2D eigenvalue weighted by Gasteiger charge is 2.28. The molecule has 0 heterocycles. The van der Waals surface area contributed by atoms with Crippen LogP contribution in [0.3, 0.4) is 0 Å². The lowest BCUT2D eigenvalue weighted by Gasteiger charge is -2.27. The van der Waals surface area contributed by atoms with E-state index in [1.54, 1.807) is 6.92 Å². The molecule has 2 N–H and O–H groups in total. The Balaban J connectivity index is 3.30. The molecule has 0 bridgehead atoms. The Morgan fingerprint density at radius 3 is 2.33 bits per heavy atom. The molecule has 0 saturated carbocycles. The highest BCUT2D eigenvalue weighted by Crippen LogP contribution is 2.26. The van der Waals surface area contributed by atoms with Crippen LogP contribution in [0.2, 0.25) is 5.02 Å². The van der Waals surface area contributed by atoms with Crippen LogP contribution in [0.4, 0.5) is 4.39 Å². The molecule has 0 aliphatic rings. The van der Waals surface area contributed by atoms with Crippen LogP contribution in [0.1, 0.15) is 38.1 Å². The number of benzene rings is 1. The Labute approximate surface area is 128 Å². The van der Waals surface area contributed by atoms with Gasteiger partial charge in [-0.25, -0.2) is 22.3 Å². The van der Waals surface area contributed by atoms with Crippen molar-refractivity contribution < 1.29 is 22.7 Å². The second-order valence-corrected chi connectivity index (χ2v) is 7.87. The summed E-state index contributed by atoms with van der Waals surface area (Å²) in [6.45, 7) is 7.18. The van der Waals surface area contributed by atoms with E-state index in [4.69, 9.17) is 16.7 Å². The van der Waals surface area contributed by atoms with Crippen molar-refractivity contribution >= 4 is 27.6 Å². The second kappa shape index (κ2) is 5.90. The average Bonchev–Trinajstić information content (AvgIpc) is 2.29. The Hall–Kier alpha value is -1.18. The maximum absolute atomic E-state index is 13.6. The van der Waals surface area contributed by atoms with Gasteiger partial charge in [0.15, 0.2) is 0 Å². The van der Waals surface area contributed by atoms with Gasteiger partial charge in [-0.1, -0.05) is 32.4 Å². The molecular weight excluding hydrogens is 321 g/mol. The largest absolute Gasteiger partial charge is 0.478 e.